The van der Waals surface area contributed by atoms with E-state index in [-0.39, 0.29) is 5.54 Å². The van der Waals surface area contributed by atoms with Gasteiger partial charge in [-0.1, -0.05) is 43.2 Å². The highest BCUT2D eigenvalue weighted by atomic mass is 16.5. The number of rotatable bonds is 6. The average molecular weight is 414 g/mol. The molecule has 0 spiro atoms. The van der Waals surface area contributed by atoms with Crippen LogP contribution in [0.5, 0.6) is 0 Å². The van der Waals surface area contributed by atoms with E-state index in [1.165, 1.54) is 37.7 Å². The second kappa shape index (κ2) is 10.1. The maximum Gasteiger partial charge on any atom is 0.193 e. The van der Waals surface area contributed by atoms with E-state index < -0.39 is 0 Å². The molecule has 2 unspecified atom stereocenters. The fourth-order valence-electron chi connectivity index (χ4n) is 5.46. The van der Waals surface area contributed by atoms with Crippen molar-refractivity contribution >= 4 is 5.96 Å². The third-order valence-corrected chi connectivity index (χ3v) is 7.20. The third kappa shape index (κ3) is 5.16. The lowest BCUT2D eigenvalue weighted by Gasteiger charge is -2.36. The molecule has 1 aliphatic carbocycles. The fourth-order valence-corrected chi connectivity index (χ4v) is 5.46. The summed E-state index contributed by atoms with van der Waals surface area (Å²) in [7, 11) is 1.92. The number of hydrogen-bond donors (Lipinski definition) is 2. The van der Waals surface area contributed by atoms with Gasteiger partial charge in [-0.3, -0.25) is 9.89 Å². The lowest BCUT2D eigenvalue weighted by Crippen LogP contribution is -2.55. The van der Waals surface area contributed by atoms with E-state index >= 15 is 0 Å². The zero-order chi connectivity index (χ0) is 20.8. The molecule has 0 bridgehead atoms. The van der Waals surface area contributed by atoms with Crippen molar-refractivity contribution in [2.45, 2.75) is 56.7 Å². The van der Waals surface area contributed by atoms with Gasteiger partial charge in [-0.05, 0) is 31.7 Å². The van der Waals surface area contributed by atoms with Crippen LogP contribution in [0.15, 0.2) is 35.3 Å². The van der Waals surface area contributed by atoms with Crippen LogP contribution in [0.4, 0.5) is 0 Å². The minimum absolute atomic E-state index is 0.147. The minimum Gasteiger partial charge on any atom is -0.379 e. The van der Waals surface area contributed by atoms with Crippen LogP contribution in [0.1, 0.15) is 50.6 Å². The maximum absolute atomic E-state index is 5.53. The summed E-state index contributed by atoms with van der Waals surface area (Å²) in [5.41, 5.74) is 1.51. The molecule has 6 nitrogen and oxygen atoms in total. The number of benzene rings is 1. The number of nitrogens with one attached hydrogen (secondary N) is 2. The molecule has 1 aromatic rings. The zero-order valence-electron chi connectivity index (χ0n) is 18.8. The van der Waals surface area contributed by atoms with Gasteiger partial charge in [0.15, 0.2) is 5.96 Å². The molecule has 0 radical (unpaired) electrons. The van der Waals surface area contributed by atoms with E-state index in [0.29, 0.717) is 12.1 Å². The second-order valence-corrected chi connectivity index (χ2v) is 9.20. The van der Waals surface area contributed by atoms with Crippen LogP contribution in [0, 0.1) is 0 Å². The number of aliphatic imine (C=N–C) groups is 1. The van der Waals surface area contributed by atoms with E-state index in [1.807, 2.05) is 7.05 Å². The first-order valence-electron chi connectivity index (χ1n) is 11.8. The molecule has 0 amide bonds. The number of ether oxygens (including phenoxy) is 1. The first-order chi connectivity index (χ1) is 14.7. The van der Waals surface area contributed by atoms with Crippen molar-refractivity contribution < 1.29 is 4.74 Å². The first kappa shape index (κ1) is 21.6. The van der Waals surface area contributed by atoms with E-state index in [1.54, 1.807) is 0 Å². The van der Waals surface area contributed by atoms with Crippen LogP contribution in [0.2, 0.25) is 0 Å². The Morgan fingerprint density at radius 2 is 1.90 bits per heavy atom. The third-order valence-electron chi connectivity index (χ3n) is 7.20. The van der Waals surface area contributed by atoms with Crippen molar-refractivity contribution in [3.63, 3.8) is 0 Å². The summed E-state index contributed by atoms with van der Waals surface area (Å²) in [6, 6.07) is 11.8. The summed E-state index contributed by atoms with van der Waals surface area (Å²) in [4.78, 5) is 9.68. The van der Waals surface area contributed by atoms with Crippen molar-refractivity contribution in [1.82, 2.24) is 20.4 Å². The summed E-state index contributed by atoms with van der Waals surface area (Å²) in [6.45, 7) is 9.26. The quantitative estimate of drug-likeness (QED) is 0.555. The molecule has 1 aromatic carbocycles. The lowest BCUT2D eigenvalue weighted by molar-refractivity contribution is 0.0194. The van der Waals surface area contributed by atoms with Gasteiger partial charge < -0.3 is 20.3 Å². The normalized spacial score (nSPS) is 26.1. The van der Waals surface area contributed by atoms with Gasteiger partial charge in [0.05, 0.1) is 13.2 Å². The number of guanidine groups is 1. The predicted molar refractivity (Wildman–Crippen MR) is 123 cm³/mol. The summed E-state index contributed by atoms with van der Waals surface area (Å²) in [5.74, 6) is 1.06. The van der Waals surface area contributed by atoms with Crippen LogP contribution < -0.4 is 10.6 Å². The zero-order valence-corrected chi connectivity index (χ0v) is 18.8. The highest BCUT2D eigenvalue weighted by molar-refractivity contribution is 5.80. The summed E-state index contributed by atoms with van der Waals surface area (Å²) < 4.78 is 5.53. The van der Waals surface area contributed by atoms with Gasteiger partial charge >= 0.3 is 0 Å². The summed E-state index contributed by atoms with van der Waals surface area (Å²) in [5, 5.41) is 7.73. The van der Waals surface area contributed by atoms with Crippen molar-refractivity contribution in [2.75, 3.05) is 53.0 Å². The molecule has 166 valence electrons. The number of nitrogens with zero attached hydrogens (tertiary/aromatic N) is 3. The molecule has 1 saturated carbocycles. The number of morpholine rings is 1. The molecule has 3 aliphatic rings. The van der Waals surface area contributed by atoms with Gasteiger partial charge in [-0.2, -0.15) is 0 Å². The first-order valence-corrected chi connectivity index (χ1v) is 11.8. The Labute approximate surface area is 182 Å². The molecule has 2 N–H and O–H groups in total. The molecule has 2 aliphatic heterocycles. The van der Waals surface area contributed by atoms with Gasteiger partial charge in [-0.25, -0.2) is 0 Å². The molecule has 2 heterocycles. The fraction of sp³-hybridized carbons (Fsp3) is 0.708. The monoisotopic (exact) mass is 413 g/mol. The lowest BCUT2D eigenvalue weighted by atomic mass is 9.94. The molecule has 2 atom stereocenters. The van der Waals surface area contributed by atoms with E-state index in [0.717, 1.165) is 51.9 Å². The van der Waals surface area contributed by atoms with Crippen molar-refractivity contribution in [3.8, 4) is 0 Å². The van der Waals surface area contributed by atoms with Crippen LogP contribution >= 0.6 is 0 Å². The van der Waals surface area contributed by atoms with Crippen molar-refractivity contribution in [2.24, 2.45) is 4.99 Å². The molecule has 6 heteroatoms. The molecule has 3 fully saturated rings. The Morgan fingerprint density at radius 3 is 2.60 bits per heavy atom. The molecule has 4 rings (SSSR count). The largest absolute Gasteiger partial charge is 0.379 e. The summed E-state index contributed by atoms with van der Waals surface area (Å²) in [6.07, 6.45) is 6.28. The van der Waals surface area contributed by atoms with Crippen LogP contribution in [-0.4, -0.2) is 80.3 Å². The summed E-state index contributed by atoms with van der Waals surface area (Å²) >= 11 is 0. The minimum atomic E-state index is 0.147. The van der Waals surface area contributed by atoms with E-state index in [4.69, 9.17) is 4.74 Å². The number of hydrogen-bond acceptors (Lipinski definition) is 4. The van der Waals surface area contributed by atoms with Gasteiger partial charge in [-0.15, -0.1) is 0 Å². The van der Waals surface area contributed by atoms with E-state index in [9.17, 15) is 0 Å². The molecule has 2 saturated heterocycles. The maximum atomic E-state index is 5.53. The highest BCUT2D eigenvalue weighted by Crippen LogP contribution is 2.32. The van der Waals surface area contributed by atoms with Crippen LogP contribution in [-0.2, 0) is 4.74 Å². The standard InChI is InChI=1S/C24H39N5O/c1-20(21-8-4-3-5-9-21)27-24(11-6-7-12-24)19-26-23(25-2)29-13-10-22(18-29)28-14-16-30-17-15-28/h3-5,8-9,20,22,27H,6-7,10-19H2,1-2H3,(H,25,26). The van der Waals surface area contributed by atoms with Crippen molar-refractivity contribution in [3.05, 3.63) is 35.9 Å². The van der Waals surface area contributed by atoms with Crippen LogP contribution in [0.3, 0.4) is 0 Å². The second-order valence-electron chi connectivity index (χ2n) is 9.20. The Hall–Kier alpha value is -1.63. The Kier molecular flexibility index (Phi) is 7.28. The van der Waals surface area contributed by atoms with Gasteiger partial charge in [0, 0.05) is 57.4 Å². The van der Waals surface area contributed by atoms with Crippen molar-refractivity contribution in [1.29, 1.82) is 0 Å². The molecule has 30 heavy (non-hydrogen) atoms. The number of likely N-dealkylation sites (tertiary alicyclic amines) is 1. The predicted octanol–water partition coefficient (Wildman–Crippen LogP) is 2.63. The highest BCUT2D eigenvalue weighted by Gasteiger charge is 2.36. The van der Waals surface area contributed by atoms with Crippen LogP contribution in [0.25, 0.3) is 0 Å². The Bertz CT molecular complexity index is 682. The molecule has 0 aromatic heterocycles. The molecular weight excluding hydrogens is 374 g/mol. The Morgan fingerprint density at radius 1 is 1.17 bits per heavy atom. The Balaban J connectivity index is 1.33. The average Bonchev–Trinajstić information content (AvgIpc) is 3.46. The topological polar surface area (TPSA) is 52.1 Å². The van der Waals surface area contributed by atoms with E-state index in [2.05, 4.69) is 62.7 Å². The smallest absolute Gasteiger partial charge is 0.193 e. The van der Waals surface area contributed by atoms with Gasteiger partial charge in [0.25, 0.3) is 0 Å². The van der Waals surface area contributed by atoms with Gasteiger partial charge in [0.2, 0.25) is 0 Å². The SMILES string of the molecule is CN=C(NCC1(NC(C)c2ccccc2)CCCC1)N1CCC(N2CCOCC2)C1. The molecular formula is C24H39N5O. The van der Waals surface area contributed by atoms with Gasteiger partial charge in [0.1, 0.15) is 0 Å².